The number of aromatic hydroxyl groups is 1. The van der Waals surface area contributed by atoms with Gasteiger partial charge in [-0.15, -0.1) is 0 Å². The van der Waals surface area contributed by atoms with Crippen molar-refractivity contribution in [1.29, 1.82) is 0 Å². The monoisotopic (exact) mass is 273 g/mol. The topological polar surface area (TPSA) is 23.5 Å². The maximum Gasteiger partial charge on any atom is 0.115 e. The van der Waals surface area contributed by atoms with Crippen LogP contribution >= 0.6 is 0 Å². The van der Waals surface area contributed by atoms with E-state index in [0.29, 0.717) is 17.8 Å². The number of rotatable bonds is 1. The van der Waals surface area contributed by atoms with Crippen LogP contribution in [0.4, 0.5) is 0 Å². The Morgan fingerprint density at radius 2 is 2.00 bits per heavy atom. The molecule has 20 heavy (non-hydrogen) atoms. The van der Waals surface area contributed by atoms with Crippen LogP contribution in [0, 0.1) is 11.8 Å². The Morgan fingerprint density at radius 3 is 2.80 bits per heavy atom. The van der Waals surface area contributed by atoms with Crippen LogP contribution in [0.15, 0.2) is 18.2 Å². The van der Waals surface area contributed by atoms with Gasteiger partial charge in [-0.3, -0.25) is 4.90 Å². The Kier molecular flexibility index (Phi) is 3.76. The highest BCUT2D eigenvalue weighted by Gasteiger charge is 2.35. The second-order valence-electron chi connectivity index (χ2n) is 7.05. The predicted octanol–water partition coefficient (Wildman–Crippen LogP) is 4.14. The summed E-state index contributed by atoms with van der Waals surface area (Å²) in [7, 11) is 0. The third-order valence-corrected chi connectivity index (χ3v) is 5.45. The van der Waals surface area contributed by atoms with Crippen LogP contribution < -0.4 is 0 Å². The molecule has 0 saturated carbocycles. The number of likely N-dealkylation sites (tertiary alicyclic amines) is 1. The first-order chi connectivity index (χ1) is 9.56. The van der Waals surface area contributed by atoms with Crippen molar-refractivity contribution < 1.29 is 5.11 Å². The zero-order chi connectivity index (χ0) is 14.3. The third-order valence-electron chi connectivity index (χ3n) is 5.45. The molecule has 110 valence electrons. The highest BCUT2D eigenvalue weighted by molar-refractivity contribution is 5.38. The molecule has 1 fully saturated rings. The number of aryl methyl sites for hydroxylation is 1. The molecule has 4 unspecified atom stereocenters. The predicted molar refractivity (Wildman–Crippen MR) is 82.9 cm³/mol. The lowest BCUT2D eigenvalue weighted by Gasteiger charge is -2.47. The standard InChI is InChI=1S/C18H27NO/c1-12-9-13(2)14(3)19(11-12)18-6-4-5-15-10-16(20)7-8-17(15)18/h7-8,10,12-14,18,20H,4-6,9,11H2,1-3H3. The van der Waals surface area contributed by atoms with Crippen molar-refractivity contribution >= 4 is 0 Å². The fourth-order valence-electron chi connectivity index (χ4n) is 4.29. The molecule has 1 N–H and O–H groups in total. The molecule has 2 nitrogen and oxygen atoms in total. The van der Waals surface area contributed by atoms with Crippen LogP contribution in [-0.4, -0.2) is 22.6 Å². The molecule has 1 aromatic carbocycles. The van der Waals surface area contributed by atoms with Crippen molar-refractivity contribution in [3.8, 4) is 5.75 Å². The number of hydrogen-bond donors (Lipinski definition) is 1. The first kappa shape index (κ1) is 13.9. The second kappa shape index (κ2) is 5.40. The fraction of sp³-hybridized carbons (Fsp3) is 0.667. The van der Waals surface area contributed by atoms with Gasteiger partial charge in [-0.2, -0.15) is 0 Å². The lowest BCUT2D eigenvalue weighted by molar-refractivity contribution is 0.0327. The zero-order valence-electron chi connectivity index (χ0n) is 13.0. The van der Waals surface area contributed by atoms with Crippen molar-refractivity contribution in [3.63, 3.8) is 0 Å². The van der Waals surface area contributed by atoms with Gasteiger partial charge in [0.1, 0.15) is 5.75 Å². The number of piperidine rings is 1. The molecule has 2 aliphatic rings. The molecule has 1 saturated heterocycles. The van der Waals surface area contributed by atoms with Gasteiger partial charge >= 0.3 is 0 Å². The van der Waals surface area contributed by atoms with Crippen LogP contribution in [0.3, 0.4) is 0 Å². The molecule has 1 aliphatic carbocycles. The van der Waals surface area contributed by atoms with Gasteiger partial charge in [0.25, 0.3) is 0 Å². The molecule has 0 aromatic heterocycles. The number of phenolic OH excluding ortho intramolecular Hbond substituents is 1. The Labute approximate surface area is 122 Å². The normalized spacial score (nSPS) is 34.8. The van der Waals surface area contributed by atoms with Gasteiger partial charge in [0.15, 0.2) is 0 Å². The first-order valence-corrected chi connectivity index (χ1v) is 8.13. The summed E-state index contributed by atoms with van der Waals surface area (Å²) < 4.78 is 0. The minimum Gasteiger partial charge on any atom is -0.508 e. The van der Waals surface area contributed by atoms with Crippen molar-refractivity contribution in [2.24, 2.45) is 11.8 Å². The molecule has 0 radical (unpaired) electrons. The number of phenols is 1. The zero-order valence-corrected chi connectivity index (χ0v) is 13.0. The molecule has 0 spiro atoms. The summed E-state index contributed by atoms with van der Waals surface area (Å²) in [6.07, 6.45) is 4.98. The van der Waals surface area contributed by atoms with Crippen molar-refractivity contribution in [3.05, 3.63) is 29.3 Å². The van der Waals surface area contributed by atoms with Gasteiger partial charge in [-0.1, -0.05) is 19.9 Å². The molecular formula is C18H27NO. The van der Waals surface area contributed by atoms with E-state index in [9.17, 15) is 5.11 Å². The van der Waals surface area contributed by atoms with E-state index in [1.807, 2.05) is 12.1 Å². The molecular weight excluding hydrogens is 246 g/mol. The Morgan fingerprint density at radius 1 is 1.20 bits per heavy atom. The molecule has 1 heterocycles. The van der Waals surface area contributed by atoms with Gasteiger partial charge in [0, 0.05) is 18.6 Å². The Balaban J connectivity index is 1.91. The summed E-state index contributed by atoms with van der Waals surface area (Å²) >= 11 is 0. The molecule has 0 bridgehead atoms. The molecule has 1 aromatic rings. The molecule has 3 rings (SSSR count). The molecule has 1 aliphatic heterocycles. The van der Waals surface area contributed by atoms with Crippen molar-refractivity contribution in [2.45, 2.75) is 58.5 Å². The fourth-order valence-corrected chi connectivity index (χ4v) is 4.29. The van der Waals surface area contributed by atoms with Crippen LogP contribution in [0.5, 0.6) is 5.75 Å². The Bertz CT molecular complexity index is 484. The van der Waals surface area contributed by atoms with E-state index in [-0.39, 0.29) is 0 Å². The number of fused-ring (bicyclic) bond motifs is 1. The van der Waals surface area contributed by atoms with E-state index >= 15 is 0 Å². The van der Waals surface area contributed by atoms with Gasteiger partial charge < -0.3 is 5.11 Å². The summed E-state index contributed by atoms with van der Waals surface area (Å²) in [6, 6.07) is 7.21. The summed E-state index contributed by atoms with van der Waals surface area (Å²) in [5.74, 6) is 1.99. The Hall–Kier alpha value is -1.02. The summed E-state index contributed by atoms with van der Waals surface area (Å²) in [4.78, 5) is 2.73. The largest absolute Gasteiger partial charge is 0.508 e. The van der Waals surface area contributed by atoms with E-state index in [1.165, 1.54) is 36.9 Å². The van der Waals surface area contributed by atoms with Crippen LogP contribution in [-0.2, 0) is 6.42 Å². The molecule has 4 atom stereocenters. The maximum absolute atomic E-state index is 9.71. The number of benzene rings is 1. The minimum absolute atomic E-state index is 0.415. The van der Waals surface area contributed by atoms with Crippen LogP contribution in [0.1, 0.15) is 57.2 Å². The summed E-state index contributed by atoms with van der Waals surface area (Å²) in [5.41, 5.74) is 2.82. The molecule has 2 heteroatoms. The van der Waals surface area contributed by atoms with E-state index in [2.05, 4.69) is 31.7 Å². The first-order valence-electron chi connectivity index (χ1n) is 8.13. The van der Waals surface area contributed by atoms with Gasteiger partial charge in [-0.25, -0.2) is 0 Å². The highest BCUT2D eigenvalue weighted by Crippen LogP contribution is 2.40. The molecule has 0 amide bonds. The highest BCUT2D eigenvalue weighted by atomic mass is 16.3. The second-order valence-corrected chi connectivity index (χ2v) is 7.05. The third kappa shape index (κ3) is 2.46. The van der Waals surface area contributed by atoms with Crippen molar-refractivity contribution in [1.82, 2.24) is 4.90 Å². The van der Waals surface area contributed by atoms with Crippen LogP contribution in [0.2, 0.25) is 0 Å². The number of hydrogen-bond acceptors (Lipinski definition) is 2. The average molecular weight is 273 g/mol. The van der Waals surface area contributed by atoms with Crippen LogP contribution in [0.25, 0.3) is 0 Å². The SMILES string of the molecule is CC1CC(C)C(C)N(C2CCCc3cc(O)ccc32)C1. The van der Waals surface area contributed by atoms with Crippen molar-refractivity contribution in [2.75, 3.05) is 6.54 Å². The van der Waals surface area contributed by atoms with E-state index in [4.69, 9.17) is 0 Å². The quantitative estimate of drug-likeness (QED) is 0.831. The van der Waals surface area contributed by atoms with E-state index in [1.54, 1.807) is 0 Å². The summed E-state index contributed by atoms with van der Waals surface area (Å²) in [5, 5.41) is 9.71. The number of nitrogens with zero attached hydrogens (tertiary/aromatic N) is 1. The van der Waals surface area contributed by atoms with Gasteiger partial charge in [-0.05, 0) is 67.7 Å². The van der Waals surface area contributed by atoms with E-state index < -0.39 is 0 Å². The smallest absolute Gasteiger partial charge is 0.115 e. The average Bonchev–Trinajstić information content (AvgIpc) is 2.42. The van der Waals surface area contributed by atoms with Gasteiger partial charge in [0.2, 0.25) is 0 Å². The summed E-state index contributed by atoms with van der Waals surface area (Å²) in [6.45, 7) is 8.39. The van der Waals surface area contributed by atoms with Gasteiger partial charge in [0.05, 0.1) is 0 Å². The minimum atomic E-state index is 0.415. The maximum atomic E-state index is 9.71. The van der Waals surface area contributed by atoms with E-state index in [0.717, 1.165) is 18.3 Å². The lowest BCUT2D eigenvalue weighted by atomic mass is 9.80. The lowest BCUT2D eigenvalue weighted by Crippen LogP contribution is -2.48.